The van der Waals surface area contributed by atoms with E-state index in [4.69, 9.17) is 16.6 Å². The number of amides is 1. The second-order valence-electron chi connectivity index (χ2n) is 7.01. The molecular formula is C21H22N6O5. The van der Waals surface area contributed by atoms with Gasteiger partial charge in [-0.1, -0.05) is 12.1 Å². The molecule has 0 fully saturated rings. The van der Waals surface area contributed by atoms with Crippen LogP contribution in [-0.4, -0.2) is 44.1 Å². The second-order valence-corrected chi connectivity index (χ2v) is 7.01. The highest BCUT2D eigenvalue weighted by molar-refractivity contribution is 5.97. The molecule has 1 aromatic heterocycles. The van der Waals surface area contributed by atoms with Crippen LogP contribution in [-0.2, 0) is 16.1 Å². The third-order valence-corrected chi connectivity index (χ3v) is 4.74. The molecule has 0 radical (unpaired) electrons. The van der Waals surface area contributed by atoms with E-state index in [2.05, 4.69) is 20.6 Å². The summed E-state index contributed by atoms with van der Waals surface area (Å²) >= 11 is 0. The molecule has 32 heavy (non-hydrogen) atoms. The number of carbonyl (C=O) groups excluding carboxylic acids is 1. The lowest BCUT2D eigenvalue weighted by molar-refractivity contribution is -0.140. The van der Waals surface area contributed by atoms with Gasteiger partial charge < -0.3 is 32.3 Å². The van der Waals surface area contributed by atoms with Crippen molar-refractivity contribution >= 4 is 46.2 Å². The van der Waals surface area contributed by atoms with Gasteiger partial charge in [0.25, 0.3) is 5.91 Å². The van der Waals surface area contributed by atoms with Gasteiger partial charge in [-0.2, -0.15) is 4.98 Å². The zero-order valence-electron chi connectivity index (χ0n) is 16.9. The third-order valence-electron chi connectivity index (χ3n) is 4.74. The molecule has 0 aliphatic rings. The molecule has 8 N–H and O–H groups in total. The van der Waals surface area contributed by atoms with E-state index >= 15 is 0 Å². The topological polar surface area (TPSA) is 194 Å². The number of fused-ring (bicyclic) bond motifs is 1. The lowest BCUT2D eigenvalue weighted by Crippen LogP contribution is -2.41. The van der Waals surface area contributed by atoms with E-state index in [9.17, 15) is 19.5 Å². The lowest BCUT2D eigenvalue weighted by atomic mass is 10.1. The van der Waals surface area contributed by atoms with Crippen LogP contribution in [0.3, 0.4) is 0 Å². The van der Waals surface area contributed by atoms with Crippen LogP contribution in [0, 0.1) is 0 Å². The van der Waals surface area contributed by atoms with Gasteiger partial charge in [0, 0.05) is 29.6 Å². The Labute approximate surface area is 182 Å². The number of hydrogen-bond donors (Lipinski definition) is 6. The van der Waals surface area contributed by atoms with Gasteiger partial charge in [0.05, 0.1) is 5.52 Å². The van der Waals surface area contributed by atoms with E-state index in [0.717, 1.165) is 5.56 Å². The molecule has 2 aromatic carbocycles. The average molecular weight is 438 g/mol. The highest BCUT2D eigenvalue weighted by Crippen LogP contribution is 2.24. The minimum atomic E-state index is -1.29. The van der Waals surface area contributed by atoms with E-state index in [-0.39, 0.29) is 30.2 Å². The summed E-state index contributed by atoms with van der Waals surface area (Å²) in [5, 5.41) is 24.1. The molecule has 0 bridgehead atoms. The van der Waals surface area contributed by atoms with Crippen molar-refractivity contribution in [3.05, 3.63) is 53.6 Å². The molecule has 1 atom stereocenters. The fourth-order valence-electron chi connectivity index (χ4n) is 3.15. The first-order valence-electron chi connectivity index (χ1n) is 9.64. The fraction of sp³-hybridized carbons (Fsp3) is 0.190. The van der Waals surface area contributed by atoms with E-state index < -0.39 is 23.9 Å². The van der Waals surface area contributed by atoms with Crippen LogP contribution in [0.2, 0.25) is 0 Å². The SMILES string of the molecule is Nc1nc(N)c2c(CNc3ccc(C(=O)N[C@@H](CCC(=O)O)C(=O)O)cc3)cccc2n1. The molecule has 0 aliphatic heterocycles. The normalized spacial score (nSPS) is 11.6. The van der Waals surface area contributed by atoms with Gasteiger partial charge in [0.2, 0.25) is 5.95 Å². The number of hydrogen-bond acceptors (Lipinski definition) is 8. The minimum absolute atomic E-state index is 0.0991. The Balaban J connectivity index is 1.66. The summed E-state index contributed by atoms with van der Waals surface area (Å²) in [6.45, 7) is 0.413. The summed E-state index contributed by atoms with van der Waals surface area (Å²) in [4.78, 5) is 42.4. The van der Waals surface area contributed by atoms with Crippen LogP contribution >= 0.6 is 0 Å². The van der Waals surface area contributed by atoms with Crippen LogP contribution in [0.5, 0.6) is 0 Å². The zero-order valence-corrected chi connectivity index (χ0v) is 16.9. The number of anilines is 3. The summed E-state index contributed by atoms with van der Waals surface area (Å²) in [7, 11) is 0. The quantitative estimate of drug-likeness (QED) is 0.285. The van der Waals surface area contributed by atoms with E-state index in [0.29, 0.717) is 23.1 Å². The average Bonchev–Trinajstić information content (AvgIpc) is 2.74. The monoisotopic (exact) mass is 438 g/mol. The maximum absolute atomic E-state index is 12.3. The van der Waals surface area contributed by atoms with E-state index in [1.807, 2.05) is 12.1 Å². The Hall–Kier alpha value is -4.41. The molecule has 3 aromatic rings. The number of benzene rings is 2. The van der Waals surface area contributed by atoms with Gasteiger partial charge in [-0.25, -0.2) is 9.78 Å². The van der Waals surface area contributed by atoms with Crippen molar-refractivity contribution in [2.75, 3.05) is 16.8 Å². The number of aliphatic carboxylic acids is 2. The van der Waals surface area contributed by atoms with Crippen molar-refractivity contribution in [1.29, 1.82) is 0 Å². The van der Waals surface area contributed by atoms with Gasteiger partial charge >= 0.3 is 11.9 Å². The highest BCUT2D eigenvalue weighted by atomic mass is 16.4. The van der Waals surface area contributed by atoms with Crippen molar-refractivity contribution in [3.63, 3.8) is 0 Å². The number of carbonyl (C=O) groups is 3. The van der Waals surface area contributed by atoms with Crippen LogP contribution in [0.15, 0.2) is 42.5 Å². The summed E-state index contributed by atoms with van der Waals surface area (Å²) in [6.07, 6.45) is -0.573. The summed E-state index contributed by atoms with van der Waals surface area (Å²) in [5.41, 5.74) is 14.1. The molecule has 0 aliphatic carbocycles. The number of carboxylic acids is 2. The predicted octanol–water partition coefficient (Wildman–Crippen LogP) is 1.45. The number of nitrogens with two attached hydrogens (primary N) is 2. The van der Waals surface area contributed by atoms with Crippen LogP contribution < -0.4 is 22.1 Å². The molecule has 0 unspecified atom stereocenters. The maximum Gasteiger partial charge on any atom is 0.326 e. The fourth-order valence-corrected chi connectivity index (χ4v) is 3.15. The molecule has 1 heterocycles. The number of aromatic nitrogens is 2. The predicted molar refractivity (Wildman–Crippen MR) is 118 cm³/mol. The van der Waals surface area contributed by atoms with Crippen molar-refractivity contribution in [3.8, 4) is 0 Å². The van der Waals surface area contributed by atoms with Gasteiger partial charge in [0.1, 0.15) is 11.9 Å². The van der Waals surface area contributed by atoms with Crippen molar-refractivity contribution in [2.45, 2.75) is 25.4 Å². The van der Waals surface area contributed by atoms with Crippen molar-refractivity contribution < 1.29 is 24.6 Å². The smallest absolute Gasteiger partial charge is 0.326 e. The van der Waals surface area contributed by atoms with Crippen LogP contribution in [0.25, 0.3) is 10.9 Å². The standard InChI is InChI=1S/C21H22N6O5/c22-18-17-12(2-1-3-14(17)26-21(23)27-18)10-24-13-6-4-11(5-7-13)19(30)25-15(20(31)32)8-9-16(28)29/h1-7,15,24H,8-10H2,(H,25,30)(H,28,29)(H,31,32)(H4,22,23,26,27)/t15-/m0/s1. The third kappa shape index (κ3) is 5.39. The van der Waals surface area contributed by atoms with E-state index in [1.165, 1.54) is 12.1 Å². The first-order valence-corrected chi connectivity index (χ1v) is 9.64. The van der Waals surface area contributed by atoms with Gasteiger partial charge in [-0.3, -0.25) is 9.59 Å². The molecule has 11 heteroatoms. The molecular weight excluding hydrogens is 416 g/mol. The first-order chi connectivity index (χ1) is 15.2. The molecule has 1 amide bonds. The Kier molecular flexibility index (Phi) is 6.68. The summed E-state index contributed by atoms with van der Waals surface area (Å²) < 4.78 is 0. The lowest BCUT2D eigenvalue weighted by Gasteiger charge is -2.14. The van der Waals surface area contributed by atoms with Gasteiger partial charge in [-0.15, -0.1) is 0 Å². The summed E-state index contributed by atoms with van der Waals surface area (Å²) in [5.74, 6) is -2.65. The summed E-state index contributed by atoms with van der Waals surface area (Å²) in [6, 6.07) is 10.6. The maximum atomic E-state index is 12.3. The highest BCUT2D eigenvalue weighted by Gasteiger charge is 2.21. The number of rotatable bonds is 9. The van der Waals surface area contributed by atoms with Gasteiger partial charge in [-0.05, 0) is 42.3 Å². The van der Waals surface area contributed by atoms with E-state index in [1.54, 1.807) is 18.2 Å². The molecule has 0 saturated heterocycles. The van der Waals surface area contributed by atoms with Gasteiger partial charge in [0.15, 0.2) is 0 Å². The van der Waals surface area contributed by atoms with Crippen LogP contribution in [0.1, 0.15) is 28.8 Å². The number of nitrogens with zero attached hydrogens (tertiary/aromatic N) is 2. The second kappa shape index (κ2) is 9.60. The van der Waals surface area contributed by atoms with Crippen LogP contribution in [0.4, 0.5) is 17.5 Å². The Bertz CT molecular complexity index is 1170. The number of nitrogen functional groups attached to an aromatic ring is 2. The molecule has 11 nitrogen and oxygen atoms in total. The Morgan fingerprint density at radius 1 is 1.00 bits per heavy atom. The first kappa shape index (κ1) is 22.3. The molecule has 0 spiro atoms. The molecule has 166 valence electrons. The largest absolute Gasteiger partial charge is 0.481 e. The molecule has 0 saturated carbocycles. The minimum Gasteiger partial charge on any atom is -0.481 e. The Morgan fingerprint density at radius 3 is 2.38 bits per heavy atom. The number of nitrogens with one attached hydrogen (secondary N) is 2. The number of carboxylic acid groups (broad SMARTS) is 2. The Morgan fingerprint density at radius 2 is 1.72 bits per heavy atom. The molecule has 3 rings (SSSR count). The van der Waals surface area contributed by atoms with Crippen molar-refractivity contribution in [1.82, 2.24) is 15.3 Å². The zero-order chi connectivity index (χ0) is 23.3. The van der Waals surface area contributed by atoms with Crippen molar-refractivity contribution in [2.24, 2.45) is 0 Å².